The number of piperidine rings is 1. The lowest BCUT2D eigenvalue weighted by Gasteiger charge is -2.36. The average molecular weight is 328 g/mol. The summed E-state index contributed by atoms with van der Waals surface area (Å²) in [5.41, 5.74) is 2.17. The Labute approximate surface area is 139 Å². The topological polar surface area (TPSA) is 88.3 Å². The van der Waals surface area contributed by atoms with Gasteiger partial charge in [0.1, 0.15) is 6.54 Å². The minimum absolute atomic E-state index is 0.00262. The molecule has 0 spiro atoms. The van der Waals surface area contributed by atoms with Crippen molar-refractivity contribution in [3.8, 4) is 0 Å². The molecule has 24 heavy (non-hydrogen) atoms. The van der Waals surface area contributed by atoms with Crippen molar-refractivity contribution >= 4 is 11.9 Å². The second-order valence-corrected chi connectivity index (χ2v) is 6.12. The lowest BCUT2D eigenvalue weighted by molar-refractivity contribution is -0.136. The Morgan fingerprint density at radius 3 is 2.67 bits per heavy atom. The smallest absolute Gasteiger partial charge is 0.358 e. The van der Waals surface area contributed by atoms with Crippen LogP contribution in [-0.4, -0.2) is 43.4 Å². The number of rotatable bonds is 4. The van der Waals surface area contributed by atoms with Gasteiger partial charge in [-0.1, -0.05) is 35.0 Å². The Morgan fingerprint density at radius 2 is 2.00 bits per heavy atom. The molecule has 1 saturated heterocycles. The Kier molecular flexibility index (Phi) is 4.59. The Balaban J connectivity index is 1.75. The van der Waals surface area contributed by atoms with Crippen LogP contribution in [0.1, 0.15) is 46.9 Å². The average Bonchev–Trinajstić information content (AvgIpc) is 3.04. The number of aromatic nitrogens is 3. The number of hydrogen-bond donors (Lipinski definition) is 1. The minimum Gasteiger partial charge on any atom is -0.476 e. The van der Waals surface area contributed by atoms with Crippen molar-refractivity contribution in [1.82, 2.24) is 19.9 Å². The molecular formula is C17H20N4O3. The van der Waals surface area contributed by atoms with Gasteiger partial charge in [-0.25, -0.2) is 9.48 Å². The molecule has 0 aliphatic carbocycles. The minimum atomic E-state index is -1.15. The second kappa shape index (κ2) is 6.82. The van der Waals surface area contributed by atoms with Gasteiger partial charge in [0.2, 0.25) is 5.91 Å². The van der Waals surface area contributed by atoms with Crippen molar-refractivity contribution < 1.29 is 14.7 Å². The molecule has 0 radical (unpaired) electrons. The molecular weight excluding hydrogens is 308 g/mol. The highest BCUT2D eigenvalue weighted by molar-refractivity contribution is 5.84. The maximum atomic E-state index is 12.7. The highest BCUT2D eigenvalue weighted by Gasteiger charge is 2.28. The lowest BCUT2D eigenvalue weighted by atomic mass is 9.94. The number of aryl methyl sites for hydroxylation is 1. The van der Waals surface area contributed by atoms with Gasteiger partial charge in [-0.15, -0.1) is 5.10 Å². The lowest BCUT2D eigenvalue weighted by Crippen LogP contribution is -2.40. The normalized spacial score (nSPS) is 17.7. The van der Waals surface area contributed by atoms with Crippen molar-refractivity contribution in [2.24, 2.45) is 0 Å². The summed E-state index contributed by atoms with van der Waals surface area (Å²) in [4.78, 5) is 25.4. The van der Waals surface area contributed by atoms with Crippen LogP contribution in [0.5, 0.6) is 0 Å². The molecule has 1 aromatic carbocycles. The number of nitrogens with zero attached hydrogens (tertiary/aromatic N) is 4. The third-order valence-corrected chi connectivity index (χ3v) is 4.34. The van der Waals surface area contributed by atoms with Crippen LogP contribution in [0.25, 0.3) is 0 Å². The fraction of sp³-hybridized carbons (Fsp3) is 0.412. The molecule has 3 rings (SSSR count). The molecule has 1 unspecified atom stereocenters. The number of aromatic carboxylic acids is 1. The second-order valence-electron chi connectivity index (χ2n) is 6.12. The quantitative estimate of drug-likeness (QED) is 0.928. The van der Waals surface area contributed by atoms with Crippen molar-refractivity contribution in [3.63, 3.8) is 0 Å². The standard InChI is InChI=1S/C17H20N4O3/c1-12-5-7-13(8-6-12)15-4-2-3-9-21(15)16(22)11-20-10-14(17(23)24)18-19-20/h5-8,10,15H,2-4,9,11H2,1H3,(H,23,24). The molecule has 1 N–H and O–H groups in total. The maximum Gasteiger partial charge on any atom is 0.358 e. The predicted octanol–water partition coefficient (Wildman–Crippen LogP) is 2.04. The summed E-state index contributed by atoms with van der Waals surface area (Å²) < 4.78 is 1.28. The van der Waals surface area contributed by atoms with Crippen LogP contribution in [0.4, 0.5) is 0 Å². The zero-order chi connectivity index (χ0) is 17.1. The Bertz CT molecular complexity index is 739. The Morgan fingerprint density at radius 1 is 1.25 bits per heavy atom. The van der Waals surface area contributed by atoms with Gasteiger partial charge in [0, 0.05) is 6.54 Å². The van der Waals surface area contributed by atoms with Gasteiger partial charge in [-0.05, 0) is 31.7 Å². The van der Waals surface area contributed by atoms with Crippen LogP contribution < -0.4 is 0 Å². The van der Waals surface area contributed by atoms with E-state index in [0.717, 1.165) is 24.8 Å². The Hall–Kier alpha value is -2.70. The van der Waals surface area contributed by atoms with Crippen LogP contribution >= 0.6 is 0 Å². The van der Waals surface area contributed by atoms with Crippen LogP contribution in [-0.2, 0) is 11.3 Å². The van der Waals surface area contributed by atoms with E-state index in [4.69, 9.17) is 5.11 Å². The van der Waals surface area contributed by atoms with E-state index in [1.54, 1.807) is 0 Å². The van der Waals surface area contributed by atoms with Crippen molar-refractivity contribution in [2.45, 2.75) is 38.8 Å². The molecule has 7 nitrogen and oxygen atoms in total. The van der Waals surface area contributed by atoms with Crippen molar-refractivity contribution in [2.75, 3.05) is 6.54 Å². The SMILES string of the molecule is Cc1ccc(C2CCCCN2C(=O)Cn2cc(C(=O)O)nn2)cc1. The maximum absolute atomic E-state index is 12.7. The van der Waals surface area contributed by atoms with E-state index >= 15 is 0 Å². The molecule has 126 valence electrons. The van der Waals surface area contributed by atoms with E-state index in [1.165, 1.54) is 16.4 Å². The number of amides is 1. The van der Waals surface area contributed by atoms with Crippen LogP contribution in [0, 0.1) is 6.92 Å². The molecule has 1 amide bonds. The molecule has 1 aliphatic heterocycles. The van der Waals surface area contributed by atoms with Crippen LogP contribution in [0.2, 0.25) is 0 Å². The highest BCUT2D eigenvalue weighted by Crippen LogP contribution is 2.31. The first kappa shape index (κ1) is 16.2. The third kappa shape index (κ3) is 3.45. The predicted molar refractivity (Wildman–Crippen MR) is 86.5 cm³/mol. The first-order chi connectivity index (χ1) is 11.5. The summed E-state index contributed by atoms with van der Waals surface area (Å²) in [6, 6.07) is 8.33. The molecule has 2 aromatic rings. The summed E-state index contributed by atoms with van der Waals surface area (Å²) >= 11 is 0. The number of carboxylic acid groups (broad SMARTS) is 1. The molecule has 0 saturated carbocycles. The largest absolute Gasteiger partial charge is 0.476 e. The number of carbonyl (C=O) groups excluding carboxylic acids is 1. The highest BCUT2D eigenvalue weighted by atomic mass is 16.4. The van der Waals surface area contributed by atoms with Gasteiger partial charge >= 0.3 is 5.97 Å². The summed E-state index contributed by atoms with van der Waals surface area (Å²) in [5.74, 6) is -1.22. The van der Waals surface area contributed by atoms with E-state index in [-0.39, 0.29) is 24.2 Å². The summed E-state index contributed by atoms with van der Waals surface area (Å²) in [6.45, 7) is 2.75. The fourth-order valence-corrected chi connectivity index (χ4v) is 3.07. The van der Waals surface area contributed by atoms with Gasteiger partial charge in [0.15, 0.2) is 5.69 Å². The molecule has 1 aromatic heterocycles. The summed E-state index contributed by atoms with van der Waals surface area (Å²) in [5, 5.41) is 16.1. The summed E-state index contributed by atoms with van der Waals surface area (Å²) in [6.07, 6.45) is 4.29. The van der Waals surface area contributed by atoms with Crippen molar-refractivity contribution in [1.29, 1.82) is 0 Å². The number of hydrogen-bond acceptors (Lipinski definition) is 4. The molecule has 7 heteroatoms. The third-order valence-electron chi connectivity index (χ3n) is 4.34. The van der Waals surface area contributed by atoms with Gasteiger partial charge in [-0.3, -0.25) is 4.79 Å². The molecule has 0 bridgehead atoms. The summed E-state index contributed by atoms with van der Waals surface area (Å²) in [7, 11) is 0. The first-order valence-corrected chi connectivity index (χ1v) is 8.04. The van der Waals surface area contributed by atoms with E-state index in [0.29, 0.717) is 6.54 Å². The van der Waals surface area contributed by atoms with E-state index in [9.17, 15) is 9.59 Å². The van der Waals surface area contributed by atoms with E-state index in [2.05, 4.69) is 34.6 Å². The van der Waals surface area contributed by atoms with Crippen LogP contribution in [0.15, 0.2) is 30.5 Å². The number of benzene rings is 1. The number of carboxylic acids is 1. The first-order valence-electron chi connectivity index (χ1n) is 8.04. The fourth-order valence-electron chi connectivity index (χ4n) is 3.07. The monoisotopic (exact) mass is 328 g/mol. The molecule has 2 heterocycles. The molecule has 1 atom stereocenters. The molecule has 1 aliphatic rings. The van der Waals surface area contributed by atoms with Crippen LogP contribution in [0.3, 0.4) is 0 Å². The van der Waals surface area contributed by atoms with Crippen molar-refractivity contribution in [3.05, 3.63) is 47.3 Å². The zero-order valence-electron chi connectivity index (χ0n) is 13.6. The van der Waals surface area contributed by atoms with Gasteiger partial charge in [-0.2, -0.15) is 0 Å². The van der Waals surface area contributed by atoms with Gasteiger partial charge in [0.05, 0.1) is 12.2 Å². The molecule has 1 fully saturated rings. The van der Waals surface area contributed by atoms with E-state index < -0.39 is 5.97 Å². The number of likely N-dealkylation sites (tertiary alicyclic amines) is 1. The van der Waals surface area contributed by atoms with Gasteiger partial charge in [0.25, 0.3) is 0 Å². The van der Waals surface area contributed by atoms with E-state index in [1.807, 2.05) is 11.8 Å². The zero-order valence-corrected chi connectivity index (χ0v) is 13.6. The number of carbonyl (C=O) groups is 2. The van der Waals surface area contributed by atoms with Gasteiger partial charge < -0.3 is 10.0 Å².